The van der Waals surface area contributed by atoms with E-state index in [0.29, 0.717) is 6.42 Å². The number of likely N-dealkylation sites (N-methyl/N-ethyl adjacent to an activating group) is 1. The summed E-state index contributed by atoms with van der Waals surface area (Å²) in [6.45, 7) is 1.35. The highest BCUT2D eigenvalue weighted by molar-refractivity contribution is 5.96. The Morgan fingerprint density at radius 2 is 1.83 bits per heavy atom. The van der Waals surface area contributed by atoms with Crippen molar-refractivity contribution in [2.24, 2.45) is 0 Å². The van der Waals surface area contributed by atoms with Crippen LogP contribution in [0.15, 0.2) is 30.3 Å². The molecule has 0 aliphatic rings. The third kappa shape index (κ3) is 3.65. The normalized spacial score (nSPS) is 11.9. The fraction of sp³-hybridized carbons (Fsp3) is 0.385. The Bertz CT molecular complexity index is 406. The number of benzene rings is 1. The van der Waals surface area contributed by atoms with Crippen molar-refractivity contribution in [1.29, 1.82) is 0 Å². The van der Waals surface area contributed by atoms with Crippen LogP contribution in [0.5, 0.6) is 0 Å². The van der Waals surface area contributed by atoms with Gasteiger partial charge in [0.15, 0.2) is 0 Å². The largest absolute Gasteiger partial charge is 0.309 e. The van der Waals surface area contributed by atoms with E-state index in [9.17, 15) is 9.59 Å². The summed E-state index contributed by atoms with van der Waals surface area (Å²) in [5, 5.41) is 3.95. The number of nitrogens with one attached hydrogen (secondary N) is 2. The van der Waals surface area contributed by atoms with E-state index in [4.69, 9.17) is 0 Å². The van der Waals surface area contributed by atoms with Gasteiger partial charge in [0, 0.05) is 14.0 Å². The lowest BCUT2D eigenvalue weighted by Gasteiger charge is -2.23. The van der Waals surface area contributed by atoms with Gasteiger partial charge in [-0.2, -0.15) is 0 Å². The number of nitrogens with zero attached hydrogens (tertiary/aromatic N) is 1. The molecule has 0 aliphatic carbocycles. The SMILES string of the molecule is CN[C@H](Cc1ccccc1)C(=O)N(NC)C(C)=O. The quantitative estimate of drug-likeness (QED) is 0.738. The van der Waals surface area contributed by atoms with Gasteiger partial charge in [-0.1, -0.05) is 30.3 Å². The Hall–Kier alpha value is -1.72. The Balaban J connectivity index is 2.77. The highest BCUT2D eigenvalue weighted by Gasteiger charge is 2.25. The van der Waals surface area contributed by atoms with Crippen molar-refractivity contribution in [2.45, 2.75) is 19.4 Å². The molecule has 2 amide bonds. The molecule has 0 fully saturated rings. The monoisotopic (exact) mass is 249 g/mol. The molecule has 18 heavy (non-hydrogen) atoms. The average molecular weight is 249 g/mol. The number of carbonyl (C=O) groups excluding carboxylic acids is 2. The van der Waals surface area contributed by atoms with Crippen LogP contribution in [-0.2, 0) is 16.0 Å². The van der Waals surface area contributed by atoms with Crippen molar-refractivity contribution < 1.29 is 9.59 Å². The van der Waals surface area contributed by atoms with Gasteiger partial charge >= 0.3 is 0 Å². The predicted molar refractivity (Wildman–Crippen MR) is 69.6 cm³/mol. The molecular weight excluding hydrogens is 230 g/mol. The number of hydrogen-bond acceptors (Lipinski definition) is 4. The van der Waals surface area contributed by atoms with E-state index in [1.165, 1.54) is 6.92 Å². The van der Waals surface area contributed by atoms with Gasteiger partial charge in [0.2, 0.25) is 5.91 Å². The Morgan fingerprint density at radius 3 is 2.28 bits per heavy atom. The summed E-state index contributed by atoms with van der Waals surface area (Å²) in [5.41, 5.74) is 3.64. The summed E-state index contributed by atoms with van der Waals surface area (Å²) in [6.07, 6.45) is 0.543. The zero-order chi connectivity index (χ0) is 13.5. The second-order valence-corrected chi connectivity index (χ2v) is 3.95. The van der Waals surface area contributed by atoms with Crippen LogP contribution in [0.4, 0.5) is 0 Å². The maximum atomic E-state index is 12.1. The second-order valence-electron chi connectivity index (χ2n) is 3.95. The van der Waals surface area contributed by atoms with Gasteiger partial charge in [0.25, 0.3) is 5.91 Å². The average Bonchev–Trinajstić information content (AvgIpc) is 2.37. The standard InChI is InChI=1S/C13H19N3O2/c1-10(17)16(15-3)13(18)12(14-2)9-11-7-5-4-6-8-11/h4-8,12,14-15H,9H2,1-3H3/t12-/m1/s1. The van der Waals surface area contributed by atoms with Crippen LogP contribution < -0.4 is 10.7 Å². The molecule has 0 heterocycles. The van der Waals surface area contributed by atoms with Gasteiger partial charge in [-0.05, 0) is 19.0 Å². The Labute approximate surface area is 107 Å². The molecule has 0 bridgehead atoms. The van der Waals surface area contributed by atoms with E-state index in [1.54, 1.807) is 14.1 Å². The van der Waals surface area contributed by atoms with Crippen molar-refractivity contribution >= 4 is 11.8 Å². The molecule has 1 aromatic carbocycles. The van der Waals surface area contributed by atoms with Crippen molar-refractivity contribution in [1.82, 2.24) is 15.8 Å². The van der Waals surface area contributed by atoms with Crippen molar-refractivity contribution in [3.05, 3.63) is 35.9 Å². The summed E-state index contributed by atoms with van der Waals surface area (Å²) in [7, 11) is 3.26. The van der Waals surface area contributed by atoms with E-state index in [0.717, 1.165) is 10.6 Å². The van der Waals surface area contributed by atoms with E-state index in [2.05, 4.69) is 10.7 Å². The first-order valence-corrected chi connectivity index (χ1v) is 5.83. The summed E-state index contributed by atoms with van der Waals surface area (Å²) in [4.78, 5) is 23.4. The van der Waals surface area contributed by atoms with Crippen LogP contribution in [0, 0.1) is 0 Å². The molecule has 0 unspecified atom stereocenters. The molecule has 0 radical (unpaired) electrons. The second kappa shape index (κ2) is 6.88. The van der Waals surface area contributed by atoms with Gasteiger partial charge in [-0.15, -0.1) is 0 Å². The van der Waals surface area contributed by atoms with Crippen LogP contribution in [-0.4, -0.2) is 37.0 Å². The predicted octanol–water partition coefficient (Wildman–Crippen LogP) is 0.327. The fourth-order valence-electron chi connectivity index (χ4n) is 1.74. The molecule has 0 saturated carbocycles. The van der Waals surface area contributed by atoms with E-state index in [1.807, 2.05) is 30.3 Å². The summed E-state index contributed by atoms with van der Waals surface area (Å²) in [6, 6.07) is 9.25. The van der Waals surface area contributed by atoms with Crippen LogP contribution in [0.2, 0.25) is 0 Å². The minimum absolute atomic E-state index is 0.281. The van der Waals surface area contributed by atoms with Gasteiger partial charge < -0.3 is 5.32 Å². The smallest absolute Gasteiger partial charge is 0.261 e. The molecule has 1 rings (SSSR count). The molecule has 1 aromatic rings. The van der Waals surface area contributed by atoms with E-state index in [-0.39, 0.29) is 11.8 Å². The number of amides is 2. The molecule has 1 atom stereocenters. The first kappa shape index (κ1) is 14.3. The summed E-state index contributed by atoms with van der Waals surface area (Å²) < 4.78 is 0. The van der Waals surface area contributed by atoms with Gasteiger partial charge in [-0.3, -0.25) is 9.59 Å². The lowest BCUT2D eigenvalue weighted by Crippen LogP contribution is -2.53. The van der Waals surface area contributed by atoms with Crippen LogP contribution >= 0.6 is 0 Å². The van der Waals surface area contributed by atoms with Crippen molar-refractivity contribution in [3.8, 4) is 0 Å². The number of carbonyl (C=O) groups is 2. The van der Waals surface area contributed by atoms with Gasteiger partial charge in [0.05, 0.1) is 6.04 Å². The van der Waals surface area contributed by atoms with Crippen LogP contribution in [0.1, 0.15) is 12.5 Å². The highest BCUT2D eigenvalue weighted by atomic mass is 16.2. The molecule has 0 aliphatic heterocycles. The highest BCUT2D eigenvalue weighted by Crippen LogP contribution is 2.05. The van der Waals surface area contributed by atoms with Gasteiger partial charge in [-0.25, -0.2) is 10.4 Å². The van der Waals surface area contributed by atoms with E-state index >= 15 is 0 Å². The maximum absolute atomic E-state index is 12.1. The third-order valence-electron chi connectivity index (χ3n) is 2.69. The van der Waals surface area contributed by atoms with Crippen molar-refractivity contribution in [2.75, 3.05) is 14.1 Å². The minimum atomic E-state index is -0.427. The summed E-state index contributed by atoms with van der Waals surface area (Å²) >= 11 is 0. The Kier molecular flexibility index (Phi) is 5.48. The molecule has 98 valence electrons. The van der Waals surface area contributed by atoms with Crippen LogP contribution in [0.25, 0.3) is 0 Å². The maximum Gasteiger partial charge on any atom is 0.261 e. The summed E-state index contributed by atoms with van der Waals surface area (Å²) in [5.74, 6) is -0.604. The minimum Gasteiger partial charge on any atom is -0.309 e. The molecule has 5 heteroatoms. The number of hydrogen-bond donors (Lipinski definition) is 2. The molecule has 2 N–H and O–H groups in total. The zero-order valence-corrected chi connectivity index (χ0v) is 10.9. The number of rotatable bonds is 5. The number of imide groups is 1. The molecule has 0 saturated heterocycles. The molecular formula is C13H19N3O2. The first-order chi connectivity index (χ1) is 8.60. The number of hydrazine groups is 1. The lowest BCUT2D eigenvalue weighted by molar-refractivity contribution is -0.148. The third-order valence-corrected chi connectivity index (χ3v) is 2.69. The lowest BCUT2D eigenvalue weighted by atomic mass is 10.1. The molecule has 0 aromatic heterocycles. The Morgan fingerprint density at radius 1 is 1.22 bits per heavy atom. The first-order valence-electron chi connectivity index (χ1n) is 5.83. The zero-order valence-electron chi connectivity index (χ0n) is 10.9. The topological polar surface area (TPSA) is 61.4 Å². The molecule has 5 nitrogen and oxygen atoms in total. The van der Waals surface area contributed by atoms with Crippen LogP contribution in [0.3, 0.4) is 0 Å². The van der Waals surface area contributed by atoms with Gasteiger partial charge in [0.1, 0.15) is 0 Å². The molecule has 0 spiro atoms. The van der Waals surface area contributed by atoms with E-state index < -0.39 is 6.04 Å². The van der Waals surface area contributed by atoms with Crippen molar-refractivity contribution in [3.63, 3.8) is 0 Å². The fourth-order valence-corrected chi connectivity index (χ4v) is 1.74.